The van der Waals surface area contributed by atoms with Gasteiger partial charge < -0.3 is 0 Å². The third kappa shape index (κ3) is 3.30. The normalized spacial score (nSPS) is 18.1. The van der Waals surface area contributed by atoms with Gasteiger partial charge in [0.15, 0.2) is 0 Å². The van der Waals surface area contributed by atoms with E-state index < -0.39 is 0 Å². The first-order chi connectivity index (χ1) is 8.00. The van der Waals surface area contributed by atoms with Gasteiger partial charge in [-0.25, -0.2) is 0 Å². The molecule has 1 aliphatic rings. The lowest BCUT2D eigenvalue weighted by Crippen LogP contribution is -2.38. The molecular formula is C15H24N2. The molecule has 2 rings (SSSR count). The highest BCUT2D eigenvalue weighted by atomic mass is 15.2. The van der Waals surface area contributed by atoms with E-state index in [0.717, 1.165) is 12.3 Å². The van der Waals surface area contributed by atoms with E-state index in [-0.39, 0.29) is 5.41 Å². The number of rotatable bonds is 4. The molecule has 1 unspecified atom stereocenters. The van der Waals surface area contributed by atoms with E-state index in [0.29, 0.717) is 6.04 Å². The number of hydrogen-bond donors (Lipinski definition) is 2. The van der Waals surface area contributed by atoms with Crippen molar-refractivity contribution in [1.29, 1.82) is 0 Å². The molecule has 0 amide bonds. The van der Waals surface area contributed by atoms with Crippen molar-refractivity contribution in [3.05, 3.63) is 35.4 Å². The molecule has 2 heteroatoms. The van der Waals surface area contributed by atoms with Crippen LogP contribution in [0.5, 0.6) is 0 Å². The number of nitrogens with two attached hydrogens (primary N) is 1. The summed E-state index contributed by atoms with van der Waals surface area (Å²) < 4.78 is 0. The Morgan fingerprint density at radius 3 is 2.24 bits per heavy atom. The lowest BCUT2D eigenvalue weighted by atomic mass is 9.86. The first kappa shape index (κ1) is 12.6. The lowest BCUT2D eigenvalue weighted by Gasteiger charge is -2.20. The Morgan fingerprint density at radius 2 is 1.82 bits per heavy atom. The Balaban J connectivity index is 2.02. The molecule has 0 bridgehead atoms. The summed E-state index contributed by atoms with van der Waals surface area (Å²) in [6, 6.07) is 9.43. The summed E-state index contributed by atoms with van der Waals surface area (Å²) in [6.45, 7) is 6.74. The van der Waals surface area contributed by atoms with E-state index in [4.69, 9.17) is 5.84 Å². The van der Waals surface area contributed by atoms with Gasteiger partial charge in [0.25, 0.3) is 0 Å². The second kappa shape index (κ2) is 4.79. The van der Waals surface area contributed by atoms with Crippen molar-refractivity contribution in [2.45, 2.75) is 51.5 Å². The van der Waals surface area contributed by atoms with Crippen LogP contribution in [0, 0.1) is 5.92 Å². The molecule has 3 N–H and O–H groups in total. The number of hydrazine groups is 1. The molecule has 0 spiro atoms. The molecule has 1 atom stereocenters. The van der Waals surface area contributed by atoms with E-state index in [1.54, 1.807) is 0 Å². The van der Waals surface area contributed by atoms with E-state index in [9.17, 15) is 0 Å². The minimum absolute atomic E-state index is 0.237. The van der Waals surface area contributed by atoms with Crippen LogP contribution < -0.4 is 11.3 Å². The topological polar surface area (TPSA) is 38.0 Å². The van der Waals surface area contributed by atoms with Crippen LogP contribution in [-0.2, 0) is 11.8 Å². The number of benzene rings is 1. The molecule has 94 valence electrons. The van der Waals surface area contributed by atoms with Crippen LogP contribution in [0.25, 0.3) is 0 Å². The third-order valence-corrected chi connectivity index (χ3v) is 3.68. The Morgan fingerprint density at radius 1 is 1.24 bits per heavy atom. The molecule has 1 aliphatic carbocycles. The molecule has 0 radical (unpaired) electrons. The molecule has 2 nitrogen and oxygen atoms in total. The maximum atomic E-state index is 5.61. The largest absolute Gasteiger partial charge is 0.271 e. The van der Waals surface area contributed by atoms with Crippen LogP contribution >= 0.6 is 0 Å². The molecule has 0 heterocycles. The zero-order valence-corrected chi connectivity index (χ0v) is 11.2. The van der Waals surface area contributed by atoms with Gasteiger partial charge in [0.1, 0.15) is 0 Å². The second-order valence-corrected chi connectivity index (χ2v) is 6.26. The van der Waals surface area contributed by atoms with Gasteiger partial charge in [-0.1, -0.05) is 45.0 Å². The molecule has 1 aromatic carbocycles. The van der Waals surface area contributed by atoms with Crippen LogP contribution in [0.4, 0.5) is 0 Å². The fraction of sp³-hybridized carbons (Fsp3) is 0.600. The van der Waals surface area contributed by atoms with Gasteiger partial charge in [-0.15, -0.1) is 0 Å². The van der Waals surface area contributed by atoms with Gasteiger partial charge in [-0.05, 0) is 41.7 Å². The van der Waals surface area contributed by atoms with Crippen LogP contribution in [-0.4, -0.2) is 6.04 Å². The predicted molar refractivity (Wildman–Crippen MR) is 72.7 cm³/mol. The van der Waals surface area contributed by atoms with E-state index in [1.807, 2.05) is 0 Å². The SMILES string of the molecule is CC(C)(C)c1ccc(CC(NN)C2CC2)cc1. The van der Waals surface area contributed by atoms with Crippen LogP contribution in [0.2, 0.25) is 0 Å². The molecule has 0 saturated heterocycles. The minimum Gasteiger partial charge on any atom is -0.271 e. The third-order valence-electron chi connectivity index (χ3n) is 3.68. The van der Waals surface area contributed by atoms with E-state index in [1.165, 1.54) is 24.0 Å². The number of nitrogens with one attached hydrogen (secondary N) is 1. The van der Waals surface area contributed by atoms with Gasteiger partial charge in [0, 0.05) is 6.04 Å². The van der Waals surface area contributed by atoms with Crippen molar-refractivity contribution >= 4 is 0 Å². The molecule has 1 aromatic rings. The zero-order chi connectivity index (χ0) is 12.5. The van der Waals surface area contributed by atoms with Crippen molar-refractivity contribution in [2.75, 3.05) is 0 Å². The van der Waals surface area contributed by atoms with Gasteiger partial charge in [0.2, 0.25) is 0 Å². The molecular weight excluding hydrogens is 208 g/mol. The molecule has 1 saturated carbocycles. The standard InChI is InChI=1S/C15H24N2/c1-15(2,3)13-8-4-11(5-9-13)10-14(17-16)12-6-7-12/h4-5,8-9,12,14,17H,6-7,10,16H2,1-3H3. The van der Waals surface area contributed by atoms with Gasteiger partial charge in [-0.2, -0.15) is 0 Å². The number of hydrogen-bond acceptors (Lipinski definition) is 2. The Hall–Kier alpha value is -0.860. The summed E-state index contributed by atoms with van der Waals surface area (Å²) in [6.07, 6.45) is 3.70. The van der Waals surface area contributed by atoms with Crippen molar-refractivity contribution in [3.8, 4) is 0 Å². The maximum Gasteiger partial charge on any atom is 0.0279 e. The summed E-state index contributed by atoms with van der Waals surface area (Å²) in [5.74, 6) is 6.40. The molecule has 0 aliphatic heterocycles. The highest BCUT2D eigenvalue weighted by Crippen LogP contribution is 2.34. The maximum absolute atomic E-state index is 5.61. The first-order valence-electron chi connectivity index (χ1n) is 6.56. The quantitative estimate of drug-likeness (QED) is 0.619. The summed E-state index contributed by atoms with van der Waals surface area (Å²) in [5, 5.41) is 0. The lowest BCUT2D eigenvalue weighted by molar-refractivity contribution is 0.472. The highest BCUT2D eigenvalue weighted by Gasteiger charge is 2.30. The van der Waals surface area contributed by atoms with Crippen molar-refractivity contribution in [2.24, 2.45) is 11.8 Å². The fourth-order valence-corrected chi connectivity index (χ4v) is 2.26. The average molecular weight is 232 g/mol. The van der Waals surface area contributed by atoms with Gasteiger partial charge in [-0.3, -0.25) is 11.3 Å². The Kier molecular flexibility index (Phi) is 3.55. The van der Waals surface area contributed by atoms with E-state index >= 15 is 0 Å². The first-order valence-corrected chi connectivity index (χ1v) is 6.56. The minimum atomic E-state index is 0.237. The average Bonchev–Trinajstić information content (AvgIpc) is 3.09. The molecule has 1 fully saturated rings. The van der Waals surface area contributed by atoms with Gasteiger partial charge >= 0.3 is 0 Å². The van der Waals surface area contributed by atoms with Gasteiger partial charge in [0.05, 0.1) is 0 Å². The van der Waals surface area contributed by atoms with E-state index in [2.05, 4.69) is 50.5 Å². The molecule has 0 aromatic heterocycles. The summed E-state index contributed by atoms with van der Waals surface area (Å²) >= 11 is 0. The van der Waals surface area contributed by atoms with Crippen molar-refractivity contribution in [3.63, 3.8) is 0 Å². The summed E-state index contributed by atoms with van der Waals surface area (Å²) in [7, 11) is 0. The fourth-order valence-electron chi connectivity index (χ4n) is 2.26. The summed E-state index contributed by atoms with van der Waals surface area (Å²) in [4.78, 5) is 0. The Bertz CT molecular complexity index is 358. The van der Waals surface area contributed by atoms with Crippen LogP contribution in [0.3, 0.4) is 0 Å². The smallest absolute Gasteiger partial charge is 0.0279 e. The van der Waals surface area contributed by atoms with Crippen LogP contribution in [0.15, 0.2) is 24.3 Å². The Labute approximate surface area is 105 Å². The monoisotopic (exact) mass is 232 g/mol. The van der Waals surface area contributed by atoms with Crippen LogP contribution in [0.1, 0.15) is 44.7 Å². The van der Waals surface area contributed by atoms with Crippen molar-refractivity contribution in [1.82, 2.24) is 5.43 Å². The predicted octanol–water partition coefficient (Wildman–Crippen LogP) is 2.77. The van der Waals surface area contributed by atoms with Crippen molar-refractivity contribution < 1.29 is 0 Å². The molecule has 17 heavy (non-hydrogen) atoms. The highest BCUT2D eigenvalue weighted by molar-refractivity contribution is 5.28. The second-order valence-electron chi connectivity index (χ2n) is 6.26. The summed E-state index contributed by atoms with van der Waals surface area (Å²) in [5.41, 5.74) is 5.97. The zero-order valence-electron chi connectivity index (χ0n) is 11.2.